The molecule has 0 bridgehead atoms. The van der Waals surface area contributed by atoms with Crippen molar-refractivity contribution >= 4 is 11.6 Å². The van der Waals surface area contributed by atoms with Crippen LogP contribution in [0.3, 0.4) is 0 Å². The van der Waals surface area contributed by atoms with E-state index in [0.717, 1.165) is 24.0 Å². The van der Waals surface area contributed by atoms with Crippen molar-refractivity contribution in [3.63, 3.8) is 0 Å². The Bertz CT molecular complexity index is 559. The summed E-state index contributed by atoms with van der Waals surface area (Å²) >= 11 is 6.31. The number of aryl methyl sites for hydroxylation is 1. The summed E-state index contributed by atoms with van der Waals surface area (Å²) < 4.78 is 13.5. The van der Waals surface area contributed by atoms with E-state index in [1.54, 1.807) is 6.07 Å². The first-order valence-electron chi connectivity index (χ1n) is 6.98. The molecule has 0 nitrogen and oxygen atoms in total. The van der Waals surface area contributed by atoms with Crippen molar-refractivity contribution in [2.24, 2.45) is 0 Å². The van der Waals surface area contributed by atoms with Gasteiger partial charge in [0.15, 0.2) is 0 Å². The van der Waals surface area contributed by atoms with E-state index in [1.807, 2.05) is 31.2 Å². The molecule has 0 aliphatic carbocycles. The van der Waals surface area contributed by atoms with Crippen LogP contribution in [-0.2, 0) is 11.8 Å². The zero-order chi connectivity index (χ0) is 14.6. The first kappa shape index (κ1) is 15.1. The molecule has 2 rings (SSSR count). The van der Waals surface area contributed by atoms with Gasteiger partial charge in [-0.15, -0.1) is 11.6 Å². The fourth-order valence-corrected chi connectivity index (χ4v) is 3.07. The average Bonchev–Trinajstić information content (AvgIpc) is 2.49. The predicted molar refractivity (Wildman–Crippen MR) is 84.0 cm³/mol. The van der Waals surface area contributed by atoms with Gasteiger partial charge >= 0.3 is 0 Å². The second-order valence-corrected chi connectivity index (χ2v) is 5.65. The maximum absolute atomic E-state index is 13.5. The van der Waals surface area contributed by atoms with Gasteiger partial charge in [0.25, 0.3) is 0 Å². The summed E-state index contributed by atoms with van der Waals surface area (Å²) in [5.74, 6) is 0.349. The van der Waals surface area contributed by atoms with Gasteiger partial charge in [0, 0.05) is 11.3 Å². The normalized spacial score (nSPS) is 14.0. The third kappa shape index (κ3) is 3.04. The molecule has 0 radical (unpaired) electrons. The third-order valence-electron chi connectivity index (χ3n) is 4.16. The summed E-state index contributed by atoms with van der Waals surface area (Å²) in [7, 11) is 0. The average molecular weight is 291 g/mol. The highest BCUT2D eigenvalue weighted by atomic mass is 35.5. The largest absolute Gasteiger partial charge is 0.207 e. The molecule has 0 saturated heterocycles. The van der Waals surface area contributed by atoms with Crippen LogP contribution in [0.5, 0.6) is 0 Å². The van der Waals surface area contributed by atoms with Gasteiger partial charge in [0.05, 0.1) is 0 Å². The van der Waals surface area contributed by atoms with Crippen LogP contribution in [-0.4, -0.2) is 5.88 Å². The summed E-state index contributed by atoms with van der Waals surface area (Å²) in [5.41, 5.74) is 3.24. The van der Waals surface area contributed by atoms with Gasteiger partial charge < -0.3 is 0 Å². The standard InChI is InChI=1S/C18H20ClF/c1-3-18(13-19,16-7-5-4-6-8-16)12-15-11-17(20)10-9-14(15)2/h4-11H,3,12-13H2,1-2H3. The lowest BCUT2D eigenvalue weighted by Crippen LogP contribution is -2.30. The smallest absolute Gasteiger partial charge is 0.123 e. The second-order valence-electron chi connectivity index (χ2n) is 5.38. The molecular formula is C18H20ClF. The van der Waals surface area contributed by atoms with Crippen LogP contribution in [0.4, 0.5) is 4.39 Å². The maximum Gasteiger partial charge on any atom is 0.123 e. The number of benzene rings is 2. The van der Waals surface area contributed by atoms with Crippen molar-refractivity contribution in [2.75, 3.05) is 5.88 Å². The summed E-state index contributed by atoms with van der Waals surface area (Å²) in [4.78, 5) is 0. The second kappa shape index (κ2) is 6.41. The van der Waals surface area contributed by atoms with Gasteiger partial charge in [-0.1, -0.05) is 43.3 Å². The predicted octanol–water partition coefficient (Wildman–Crippen LogP) is 5.26. The number of alkyl halides is 1. The maximum atomic E-state index is 13.5. The summed E-state index contributed by atoms with van der Waals surface area (Å²) in [5, 5.41) is 0. The van der Waals surface area contributed by atoms with Gasteiger partial charge in [-0.3, -0.25) is 0 Å². The van der Waals surface area contributed by atoms with Gasteiger partial charge in [-0.25, -0.2) is 4.39 Å². The Kier molecular flexibility index (Phi) is 4.82. The minimum absolute atomic E-state index is 0.138. The van der Waals surface area contributed by atoms with Crippen molar-refractivity contribution in [3.8, 4) is 0 Å². The summed E-state index contributed by atoms with van der Waals surface area (Å²) in [6, 6.07) is 15.3. The van der Waals surface area contributed by atoms with Crippen LogP contribution in [0.25, 0.3) is 0 Å². The lowest BCUT2D eigenvalue weighted by Gasteiger charge is -2.32. The van der Waals surface area contributed by atoms with E-state index in [-0.39, 0.29) is 11.2 Å². The first-order chi connectivity index (χ1) is 9.61. The lowest BCUT2D eigenvalue weighted by molar-refractivity contribution is 0.456. The molecule has 0 aromatic heterocycles. The Hall–Kier alpha value is -1.34. The molecule has 0 amide bonds. The fourth-order valence-electron chi connectivity index (χ4n) is 2.64. The van der Waals surface area contributed by atoms with Crippen molar-refractivity contribution < 1.29 is 4.39 Å². The molecule has 0 saturated carbocycles. The van der Waals surface area contributed by atoms with E-state index in [9.17, 15) is 4.39 Å². The molecule has 0 fully saturated rings. The summed E-state index contributed by atoms with van der Waals surface area (Å²) in [6.07, 6.45) is 1.69. The molecule has 0 heterocycles. The molecule has 1 unspecified atom stereocenters. The number of hydrogen-bond donors (Lipinski definition) is 0. The fraction of sp³-hybridized carbons (Fsp3) is 0.333. The van der Waals surface area contributed by atoms with E-state index in [1.165, 1.54) is 11.6 Å². The molecule has 1 atom stereocenters. The molecule has 2 aromatic carbocycles. The molecule has 0 aliphatic heterocycles. The highest BCUT2D eigenvalue weighted by Gasteiger charge is 2.30. The van der Waals surface area contributed by atoms with Crippen LogP contribution in [0.15, 0.2) is 48.5 Å². The van der Waals surface area contributed by atoms with E-state index in [2.05, 4.69) is 19.1 Å². The van der Waals surface area contributed by atoms with Crippen LogP contribution < -0.4 is 0 Å². The zero-order valence-electron chi connectivity index (χ0n) is 12.0. The van der Waals surface area contributed by atoms with E-state index in [0.29, 0.717) is 5.88 Å². The Balaban J connectivity index is 2.42. The molecule has 0 N–H and O–H groups in total. The Morgan fingerprint density at radius 3 is 2.40 bits per heavy atom. The zero-order valence-corrected chi connectivity index (χ0v) is 12.8. The highest BCUT2D eigenvalue weighted by molar-refractivity contribution is 6.18. The molecule has 2 aromatic rings. The van der Waals surface area contributed by atoms with Crippen LogP contribution in [0.1, 0.15) is 30.0 Å². The first-order valence-corrected chi connectivity index (χ1v) is 7.51. The lowest BCUT2D eigenvalue weighted by atomic mass is 9.74. The van der Waals surface area contributed by atoms with Gasteiger partial charge in [-0.05, 0) is 48.6 Å². The molecule has 106 valence electrons. The molecule has 20 heavy (non-hydrogen) atoms. The summed E-state index contributed by atoms with van der Waals surface area (Å²) in [6.45, 7) is 4.17. The topological polar surface area (TPSA) is 0 Å². The minimum Gasteiger partial charge on any atom is -0.207 e. The Labute approximate surface area is 125 Å². The van der Waals surface area contributed by atoms with Crippen LogP contribution in [0, 0.1) is 12.7 Å². The molecular weight excluding hydrogens is 271 g/mol. The van der Waals surface area contributed by atoms with Gasteiger partial charge in [-0.2, -0.15) is 0 Å². The van der Waals surface area contributed by atoms with Crippen molar-refractivity contribution in [3.05, 3.63) is 71.0 Å². The SMILES string of the molecule is CCC(CCl)(Cc1cc(F)ccc1C)c1ccccc1. The Morgan fingerprint density at radius 2 is 1.80 bits per heavy atom. The number of rotatable bonds is 5. The van der Waals surface area contributed by atoms with E-state index in [4.69, 9.17) is 11.6 Å². The molecule has 0 aliphatic rings. The minimum atomic E-state index is -0.182. The van der Waals surface area contributed by atoms with Crippen molar-refractivity contribution in [2.45, 2.75) is 32.1 Å². The van der Waals surface area contributed by atoms with Gasteiger partial charge in [0.2, 0.25) is 0 Å². The van der Waals surface area contributed by atoms with Crippen molar-refractivity contribution in [1.82, 2.24) is 0 Å². The number of halogens is 2. The highest BCUT2D eigenvalue weighted by Crippen LogP contribution is 2.34. The van der Waals surface area contributed by atoms with Gasteiger partial charge in [0.1, 0.15) is 5.82 Å². The van der Waals surface area contributed by atoms with Crippen LogP contribution in [0.2, 0.25) is 0 Å². The molecule has 2 heteroatoms. The van der Waals surface area contributed by atoms with E-state index >= 15 is 0 Å². The Morgan fingerprint density at radius 1 is 1.10 bits per heavy atom. The third-order valence-corrected chi connectivity index (χ3v) is 4.67. The molecule has 0 spiro atoms. The quantitative estimate of drug-likeness (QED) is 0.659. The van der Waals surface area contributed by atoms with Crippen molar-refractivity contribution in [1.29, 1.82) is 0 Å². The number of hydrogen-bond acceptors (Lipinski definition) is 0. The van der Waals surface area contributed by atoms with E-state index < -0.39 is 0 Å². The monoisotopic (exact) mass is 290 g/mol. The van der Waals surface area contributed by atoms with Crippen LogP contribution >= 0.6 is 11.6 Å².